The van der Waals surface area contributed by atoms with Crippen molar-refractivity contribution in [1.82, 2.24) is 63.8 Å². The predicted octanol–water partition coefficient (Wildman–Crippen LogP) is 9.45. The number of aromatic amines is 2. The number of alkyl halides is 6. The van der Waals surface area contributed by atoms with Crippen LogP contribution in [0.1, 0.15) is 114 Å². The molecule has 1 unspecified atom stereocenters. The summed E-state index contributed by atoms with van der Waals surface area (Å²) in [4.78, 5) is 41.0. The molecule has 8 atom stereocenters. The number of rotatable bonds is 18. The Bertz CT molecular complexity index is 3630. The monoisotopic (exact) mass is 1180 g/mol. The Morgan fingerprint density at radius 2 is 1.43 bits per heavy atom. The van der Waals surface area contributed by atoms with Gasteiger partial charge in [0.25, 0.3) is 0 Å². The molecule has 4 aliphatic rings. The van der Waals surface area contributed by atoms with Gasteiger partial charge in [-0.25, -0.2) is 34.9 Å². The summed E-state index contributed by atoms with van der Waals surface area (Å²) in [5, 5.41) is 24.4. The van der Waals surface area contributed by atoms with Gasteiger partial charge in [-0.2, -0.15) is 26.3 Å². The van der Waals surface area contributed by atoms with Crippen LogP contribution in [0.15, 0.2) is 61.6 Å². The number of nitrogens with one attached hydrogen (secondary N) is 2. The highest BCUT2D eigenvalue weighted by Crippen LogP contribution is 2.45. The van der Waals surface area contributed by atoms with Crippen LogP contribution in [-0.4, -0.2) is 143 Å². The van der Waals surface area contributed by atoms with Gasteiger partial charge < -0.3 is 45.7 Å². The van der Waals surface area contributed by atoms with Crippen LogP contribution in [0.3, 0.4) is 0 Å². The molecule has 8 N–H and O–H groups in total. The maximum Gasteiger partial charge on any atom is 0.417 e. The average molecular weight is 1180 g/mol. The maximum atomic E-state index is 14.7. The van der Waals surface area contributed by atoms with Crippen molar-refractivity contribution in [1.29, 1.82) is 0 Å². The highest BCUT2D eigenvalue weighted by Gasteiger charge is 2.51. The number of hydrogen-bond donors (Lipinski definition) is 6. The molecule has 1 saturated heterocycles. The first-order valence-electron chi connectivity index (χ1n) is 28.4. The van der Waals surface area contributed by atoms with Crippen LogP contribution < -0.4 is 11.5 Å². The molecule has 444 valence electrons. The summed E-state index contributed by atoms with van der Waals surface area (Å²) < 4.78 is 102. The predicted molar refractivity (Wildman–Crippen MR) is 299 cm³/mol. The van der Waals surface area contributed by atoms with E-state index >= 15 is 0 Å². The molecule has 12 rings (SSSR count). The number of halogens is 7. The molecule has 2 aromatic carbocycles. The van der Waals surface area contributed by atoms with Crippen LogP contribution in [-0.2, 0) is 33.9 Å². The zero-order valence-electron chi connectivity index (χ0n) is 46.3. The fraction of sp³-hybridized carbons (Fsp3) is 0.561. The van der Waals surface area contributed by atoms with Gasteiger partial charge in [0.15, 0.2) is 17.7 Å². The second-order valence-electron chi connectivity index (χ2n) is 24.5. The van der Waals surface area contributed by atoms with Gasteiger partial charge in [0.2, 0.25) is 0 Å². The van der Waals surface area contributed by atoms with Crippen molar-refractivity contribution in [2.45, 2.75) is 165 Å². The highest BCUT2D eigenvalue weighted by atomic mass is 35.5. The van der Waals surface area contributed by atoms with Gasteiger partial charge in [0.05, 0.1) is 63.1 Å². The number of imidazole rings is 3. The Kier molecular flexibility index (Phi) is 15.2. The molecule has 4 fully saturated rings. The molecule has 26 heteroatoms. The largest absolute Gasteiger partial charge is 0.417 e. The molecule has 0 spiro atoms. The summed E-state index contributed by atoms with van der Waals surface area (Å²) in [6.07, 6.45) is -3.51. The fourth-order valence-electron chi connectivity index (χ4n) is 13.3. The van der Waals surface area contributed by atoms with E-state index in [2.05, 4.69) is 77.7 Å². The van der Waals surface area contributed by atoms with Crippen LogP contribution in [0.4, 0.5) is 38.0 Å². The first-order valence-corrected chi connectivity index (χ1v) is 28.8. The summed E-state index contributed by atoms with van der Waals surface area (Å²) in [5.41, 5.74) is 16.1. The normalized spacial score (nSPS) is 26.6. The lowest BCUT2D eigenvalue weighted by molar-refractivity contribution is -0.175. The number of aryl methyl sites for hydroxylation is 2. The van der Waals surface area contributed by atoms with Crippen LogP contribution in [0.25, 0.3) is 44.3 Å². The van der Waals surface area contributed by atoms with Crippen molar-refractivity contribution in [3.8, 4) is 0 Å². The van der Waals surface area contributed by atoms with E-state index in [1.807, 2.05) is 29.8 Å². The molecular weight excluding hydrogens is 1110 g/mol. The van der Waals surface area contributed by atoms with Gasteiger partial charge >= 0.3 is 12.4 Å². The number of anilines is 2. The van der Waals surface area contributed by atoms with Gasteiger partial charge in [-0.1, -0.05) is 38.4 Å². The Hall–Kier alpha value is -6.22. The number of aliphatic hydroxyl groups excluding tert-OH is 2. The maximum absolute atomic E-state index is 14.7. The lowest BCUT2D eigenvalue weighted by atomic mass is 9.76. The third-order valence-corrected chi connectivity index (χ3v) is 18.2. The zero-order chi connectivity index (χ0) is 58.4. The topological polar surface area (TPSA) is 249 Å². The number of nitrogens with zero attached hydrogens (tertiary/aromatic N) is 11. The summed E-state index contributed by atoms with van der Waals surface area (Å²) in [5.74, 6) is 2.10. The van der Waals surface area contributed by atoms with E-state index in [4.69, 9.17) is 37.5 Å². The SMILES string of the molecule is CC(O[C@H]1[C@@H](O)[C@H](n2cnc3c(N)ncnc32)O[C@@H]1CN(CC(F)(F)F)C1CC(CCc2nc3ccc(C(C)(C)C)cc3[nH]2)C1)N(C[C@@H]1C[C@@H](O)[C@H](n2ccc3c(N)ncnc32)C1)C1CC(CCc2nc3cc(Cl)c(C(F)(F)F)cc3[nH]2)C1. The Morgan fingerprint density at radius 3 is 2.12 bits per heavy atom. The van der Waals surface area contributed by atoms with Gasteiger partial charge in [0.1, 0.15) is 65.8 Å². The molecule has 19 nitrogen and oxygen atoms in total. The smallest absolute Gasteiger partial charge is 0.391 e. The van der Waals surface area contributed by atoms with Crippen LogP contribution in [0.5, 0.6) is 0 Å². The Morgan fingerprint density at radius 1 is 0.771 bits per heavy atom. The number of aliphatic hydroxyl groups is 2. The van der Waals surface area contributed by atoms with Crippen LogP contribution in [0.2, 0.25) is 5.02 Å². The van der Waals surface area contributed by atoms with Crippen LogP contribution in [0, 0.1) is 17.8 Å². The van der Waals surface area contributed by atoms with Crippen molar-refractivity contribution in [3.05, 3.63) is 89.4 Å². The summed E-state index contributed by atoms with van der Waals surface area (Å²) in [6, 6.07) is 9.43. The molecule has 3 saturated carbocycles. The molecule has 1 aliphatic heterocycles. The lowest BCUT2D eigenvalue weighted by Gasteiger charge is -2.47. The minimum atomic E-state index is -4.63. The summed E-state index contributed by atoms with van der Waals surface area (Å²) in [6.45, 7) is 7.39. The number of hydrogen-bond acceptors (Lipinski definition) is 15. The van der Waals surface area contributed by atoms with Crippen molar-refractivity contribution in [2.75, 3.05) is 31.1 Å². The van der Waals surface area contributed by atoms with Gasteiger partial charge in [-0.3, -0.25) is 14.4 Å². The third-order valence-electron chi connectivity index (χ3n) is 17.9. The number of nitrogen functional groups attached to an aromatic ring is 2. The van der Waals surface area contributed by atoms with Crippen molar-refractivity contribution in [3.63, 3.8) is 0 Å². The van der Waals surface area contributed by atoms with E-state index < -0.39 is 72.4 Å². The molecule has 83 heavy (non-hydrogen) atoms. The minimum Gasteiger partial charge on any atom is -0.391 e. The number of ether oxygens (including phenoxy) is 2. The van der Waals surface area contributed by atoms with Crippen LogP contribution >= 0.6 is 11.6 Å². The molecular formula is C57H68ClF6N15O4. The summed E-state index contributed by atoms with van der Waals surface area (Å²) in [7, 11) is 0. The van der Waals surface area contributed by atoms with E-state index in [9.17, 15) is 36.6 Å². The van der Waals surface area contributed by atoms with E-state index in [-0.39, 0.29) is 64.3 Å². The Labute approximate surface area is 478 Å². The number of benzene rings is 2. The molecule has 3 aliphatic carbocycles. The quantitative estimate of drug-likeness (QED) is 0.0346. The van der Waals surface area contributed by atoms with E-state index in [0.29, 0.717) is 92.5 Å². The lowest BCUT2D eigenvalue weighted by Crippen LogP contribution is -2.55. The minimum absolute atomic E-state index is 0.0346. The molecule has 0 bridgehead atoms. The third kappa shape index (κ3) is 11.7. The first kappa shape index (κ1) is 57.2. The van der Waals surface area contributed by atoms with E-state index in [1.54, 1.807) is 0 Å². The number of H-pyrrole nitrogens is 2. The molecule has 0 radical (unpaired) electrons. The first-order chi connectivity index (χ1) is 39.4. The van der Waals surface area contributed by atoms with Crippen molar-refractivity contribution in [2.24, 2.45) is 17.8 Å². The molecule has 8 aromatic rings. The molecule has 7 heterocycles. The number of aromatic nitrogens is 11. The van der Waals surface area contributed by atoms with Crippen molar-refractivity contribution < 1.29 is 46.0 Å². The van der Waals surface area contributed by atoms with Crippen molar-refractivity contribution >= 4 is 67.5 Å². The summed E-state index contributed by atoms with van der Waals surface area (Å²) >= 11 is 6.01. The number of nitrogens with two attached hydrogens (primary N) is 2. The van der Waals surface area contributed by atoms with Gasteiger partial charge in [-0.15, -0.1) is 0 Å². The van der Waals surface area contributed by atoms with Gasteiger partial charge in [-0.05, 0) is 117 Å². The standard InChI is InChI=1S/C57H68ClF6N15O4/c1-28(78(22-31-17-42(43(80)18-31)77-12-11-35-50(65)67-25-69-52(35)77)34-15-30(16-34)6-10-46-74-40-20-36(57(62,63)64)37(58)21-41(40)75-46)82-49-44(83-54(48(49)81)79-27-71-47-51(66)68-26-70-53(47)79)23-76(24-56(59,60)61)33-13-29(14-33)5-9-45-72-38-8-7-32(55(2,3)4)19-39(38)73-45/h7-8,11-12,19-21,25-31,33-34,42-44,48-49,54,80-81H,5-6,9-10,13-18,22-24H2,1-4H3,(H,72,73)(H,74,75)(H2,65,67,69)(H2,66,68,70)/t28?,29?,30?,31-,33?,34?,42+,43+,44+,48+,49+,54+/m0/s1. The zero-order valence-corrected chi connectivity index (χ0v) is 47.1. The Balaban J connectivity index is 0.784. The molecule has 0 amide bonds. The highest BCUT2D eigenvalue weighted by molar-refractivity contribution is 6.32. The fourth-order valence-corrected chi connectivity index (χ4v) is 13.6. The molecule has 6 aromatic heterocycles. The second-order valence-corrected chi connectivity index (χ2v) is 24.9. The average Bonchev–Trinajstić information content (AvgIpc) is 3.97. The van der Waals surface area contributed by atoms with E-state index in [1.165, 1.54) is 40.1 Å². The van der Waals surface area contributed by atoms with E-state index in [0.717, 1.165) is 29.3 Å². The number of fused-ring (bicyclic) bond motifs is 4. The van der Waals surface area contributed by atoms with Gasteiger partial charge in [0, 0.05) is 44.2 Å². The second kappa shape index (κ2) is 22.0.